The van der Waals surface area contributed by atoms with E-state index in [0.717, 1.165) is 62.9 Å². The summed E-state index contributed by atoms with van der Waals surface area (Å²) in [6.45, 7) is 6.57. The summed E-state index contributed by atoms with van der Waals surface area (Å²) in [5.74, 6) is 1.12. The molecule has 0 saturated heterocycles. The molecule has 1 aliphatic carbocycles. The lowest BCUT2D eigenvalue weighted by atomic mass is 9.95. The smallest absolute Gasteiger partial charge is 0.242 e. The minimum Gasteiger partial charge on any atom is -0.497 e. The quantitative estimate of drug-likeness (QED) is 0.625. The molecule has 1 heterocycles. The number of nitrogens with zero attached hydrogens (tertiary/aromatic N) is 2. The van der Waals surface area contributed by atoms with Gasteiger partial charge in [0.15, 0.2) is 0 Å². The Kier molecular flexibility index (Phi) is 6.81. The Balaban J connectivity index is 1.93. The van der Waals surface area contributed by atoms with Gasteiger partial charge in [-0.05, 0) is 56.2 Å². The molecule has 148 valence electrons. The fourth-order valence-electron chi connectivity index (χ4n) is 4.21. The highest BCUT2D eigenvalue weighted by molar-refractivity contribution is 5.89. The highest BCUT2D eigenvalue weighted by atomic mass is 16.5. The van der Waals surface area contributed by atoms with E-state index >= 15 is 0 Å². The first-order valence-electron chi connectivity index (χ1n) is 10.6. The van der Waals surface area contributed by atoms with Crippen LogP contribution in [0.15, 0.2) is 18.2 Å². The first-order chi connectivity index (χ1) is 13.2. The van der Waals surface area contributed by atoms with Crippen molar-refractivity contribution in [3.63, 3.8) is 0 Å². The largest absolute Gasteiger partial charge is 0.497 e. The lowest BCUT2D eigenvalue weighted by Crippen LogP contribution is -2.35. The Hall–Kier alpha value is -1.97. The minimum absolute atomic E-state index is 0.255. The number of carbonyl (C=O) groups is 1. The van der Waals surface area contributed by atoms with Gasteiger partial charge >= 0.3 is 0 Å². The zero-order valence-electron chi connectivity index (χ0n) is 17.2. The van der Waals surface area contributed by atoms with Crippen molar-refractivity contribution in [2.75, 3.05) is 20.2 Å². The molecule has 1 aliphatic rings. The maximum absolute atomic E-state index is 13.2. The number of aromatic nitrogens is 1. The van der Waals surface area contributed by atoms with Gasteiger partial charge < -0.3 is 14.2 Å². The maximum atomic E-state index is 13.2. The molecule has 0 atom stereocenters. The second kappa shape index (κ2) is 9.29. The van der Waals surface area contributed by atoms with Gasteiger partial charge in [0.1, 0.15) is 12.3 Å². The second-order valence-electron chi connectivity index (χ2n) is 7.69. The van der Waals surface area contributed by atoms with Gasteiger partial charge in [-0.1, -0.05) is 26.7 Å². The molecule has 1 amide bonds. The van der Waals surface area contributed by atoms with Crippen LogP contribution in [0.3, 0.4) is 0 Å². The van der Waals surface area contributed by atoms with E-state index in [4.69, 9.17) is 4.74 Å². The monoisotopic (exact) mass is 370 g/mol. The number of benzene rings is 1. The highest BCUT2D eigenvalue weighted by Gasteiger charge is 2.23. The topological polar surface area (TPSA) is 34.5 Å². The second-order valence-corrected chi connectivity index (χ2v) is 7.69. The van der Waals surface area contributed by atoms with Crippen molar-refractivity contribution < 1.29 is 9.53 Å². The standard InChI is InChI=1S/C23H34N2O2/c1-4-6-14-24(15-7-5-2)23(26)17-25-21-11-9-8-10-19(21)20-13-12-18(27-3)16-22(20)25/h12-13,16H,4-11,14-15,17H2,1-3H3. The van der Waals surface area contributed by atoms with E-state index in [1.54, 1.807) is 7.11 Å². The number of amides is 1. The van der Waals surface area contributed by atoms with Gasteiger partial charge in [-0.2, -0.15) is 0 Å². The van der Waals surface area contributed by atoms with Crippen LogP contribution in [-0.2, 0) is 24.2 Å². The number of hydrogen-bond donors (Lipinski definition) is 0. The van der Waals surface area contributed by atoms with Crippen molar-refractivity contribution in [2.45, 2.75) is 71.8 Å². The van der Waals surface area contributed by atoms with Crippen LogP contribution in [0.1, 0.15) is 63.6 Å². The molecular weight excluding hydrogens is 336 g/mol. The molecule has 27 heavy (non-hydrogen) atoms. The van der Waals surface area contributed by atoms with Crippen molar-refractivity contribution in [3.05, 3.63) is 29.5 Å². The Morgan fingerprint density at radius 1 is 1.11 bits per heavy atom. The first-order valence-corrected chi connectivity index (χ1v) is 10.6. The van der Waals surface area contributed by atoms with Gasteiger partial charge in [-0.15, -0.1) is 0 Å². The molecule has 0 radical (unpaired) electrons. The normalized spacial score (nSPS) is 13.6. The molecule has 0 bridgehead atoms. The van der Waals surface area contributed by atoms with Gasteiger partial charge in [-0.3, -0.25) is 4.79 Å². The fraction of sp³-hybridized carbons (Fsp3) is 0.609. The first kappa shape index (κ1) is 19.8. The lowest BCUT2D eigenvalue weighted by molar-refractivity contribution is -0.132. The van der Waals surface area contributed by atoms with Crippen LogP contribution in [0.2, 0.25) is 0 Å². The molecular formula is C23H34N2O2. The number of hydrogen-bond acceptors (Lipinski definition) is 2. The Labute approximate surface area is 163 Å². The molecule has 1 aromatic heterocycles. The minimum atomic E-state index is 0.255. The number of rotatable bonds is 9. The molecule has 0 spiro atoms. The molecule has 0 aliphatic heterocycles. The average molecular weight is 371 g/mol. The summed E-state index contributed by atoms with van der Waals surface area (Å²) in [5.41, 5.74) is 3.96. The summed E-state index contributed by atoms with van der Waals surface area (Å²) in [6.07, 6.45) is 9.04. The van der Waals surface area contributed by atoms with Gasteiger partial charge in [0.05, 0.1) is 12.6 Å². The highest BCUT2D eigenvalue weighted by Crippen LogP contribution is 2.34. The molecule has 0 N–H and O–H groups in total. The fourth-order valence-corrected chi connectivity index (χ4v) is 4.21. The van der Waals surface area contributed by atoms with E-state index < -0.39 is 0 Å². The molecule has 1 aromatic carbocycles. The predicted molar refractivity (Wildman–Crippen MR) is 112 cm³/mol. The third-order valence-electron chi connectivity index (χ3n) is 5.79. The third kappa shape index (κ3) is 4.31. The van der Waals surface area contributed by atoms with E-state index in [1.807, 2.05) is 6.07 Å². The van der Waals surface area contributed by atoms with Crippen LogP contribution in [0, 0.1) is 0 Å². The summed E-state index contributed by atoms with van der Waals surface area (Å²) in [7, 11) is 1.71. The number of ether oxygens (including phenoxy) is 1. The van der Waals surface area contributed by atoms with Crippen LogP contribution >= 0.6 is 0 Å². The van der Waals surface area contributed by atoms with Crippen LogP contribution in [0.25, 0.3) is 10.9 Å². The summed E-state index contributed by atoms with van der Waals surface area (Å²) >= 11 is 0. The molecule has 2 aromatic rings. The van der Waals surface area contributed by atoms with Crippen molar-refractivity contribution in [2.24, 2.45) is 0 Å². The Morgan fingerprint density at radius 2 is 1.81 bits per heavy atom. The number of fused-ring (bicyclic) bond motifs is 3. The molecule has 4 nitrogen and oxygen atoms in total. The molecule has 3 rings (SSSR count). The lowest BCUT2D eigenvalue weighted by Gasteiger charge is -2.24. The average Bonchev–Trinajstić information content (AvgIpc) is 3.01. The molecule has 4 heteroatoms. The Bertz CT molecular complexity index is 770. The molecule has 0 fully saturated rings. The number of aryl methyl sites for hydroxylation is 1. The Morgan fingerprint density at radius 3 is 2.48 bits per heavy atom. The zero-order valence-corrected chi connectivity index (χ0v) is 17.2. The summed E-state index contributed by atoms with van der Waals surface area (Å²) in [6, 6.07) is 6.31. The van der Waals surface area contributed by atoms with Crippen molar-refractivity contribution >= 4 is 16.8 Å². The van der Waals surface area contributed by atoms with Crippen LogP contribution in [0.5, 0.6) is 5.75 Å². The van der Waals surface area contributed by atoms with Gasteiger partial charge in [-0.25, -0.2) is 0 Å². The molecule has 0 unspecified atom stereocenters. The third-order valence-corrected chi connectivity index (χ3v) is 5.79. The van der Waals surface area contributed by atoms with Gasteiger partial charge in [0.2, 0.25) is 5.91 Å². The summed E-state index contributed by atoms with van der Waals surface area (Å²) in [4.78, 5) is 15.3. The van der Waals surface area contributed by atoms with Crippen LogP contribution in [0.4, 0.5) is 0 Å². The SMILES string of the molecule is CCCCN(CCCC)C(=O)Cn1c2c(c3ccc(OC)cc31)CCCC2. The van der Waals surface area contributed by atoms with E-state index in [9.17, 15) is 4.79 Å². The van der Waals surface area contributed by atoms with Gasteiger partial charge in [0, 0.05) is 30.2 Å². The van der Waals surface area contributed by atoms with E-state index in [1.165, 1.54) is 29.5 Å². The predicted octanol–water partition coefficient (Wildman–Crippen LogP) is 4.96. The van der Waals surface area contributed by atoms with Gasteiger partial charge in [0.25, 0.3) is 0 Å². The number of unbranched alkanes of at least 4 members (excludes halogenated alkanes) is 2. The summed E-state index contributed by atoms with van der Waals surface area (Å²) < 4.78 is 7.74. The van der Waals surface area contributed by atoms with E-state index in [0.29, 0.717) is 6.54 Å². The van der Waals surface area contributed by atoms with E-state index in [-0.39, 0.29) is 5.91 Å². The zero-order chi connectivity index (χ0) is 19.2. The van der Waals surface area contributed by atoms with Crippen molar-refractivity contribution in [3.8, 4) is 5.75 Å². The van der Waals surface area contributed by atoms with Crippen molar-refractivity contribution in [1.82, 2.24) is 9.47 Å². The van der Waals surface area contributed by atoms with E-state index in [2.05, 4.69) is 35.4 Å². The van der Waals surface area contributed by atoms with Crippen LogP contribution in [-0.4, -0.2) is 35.6 Å². The number of carbonyl (C=O) groups excluding carboxylic acids is 1. The number of methoxy groups -OCH3 is 1. The van der Waals surface area contributed by atoms with Crippen molar-refractivity contribution in [1.29, 1.82) is 0 Å². The van der Waals surface area contributed by atoms with Crippen LogP contribution < -0.4 is 4.74 Å². The summed E-state index contributed by atoms with van der Waals surface area (Å²) in [5, 5.41) is 1.30. The molecule has 0 saturated carbocycles. The maximum Gasteiger partial charge on any atom is 0.242 e.